The highest BCUT2D eigenvalue weighted by Crippen LogP contribution is 2.09. The largest absolute Gasteiger partial charge is 0.355 e. The van der Waals surface area contributed by atoms with Crippen LogP contribution < -0.4 is 10.6 Å². The molecule has 0 aromatic rings. The monoisotopic (exact) mass is 228 g/mol. The van der Waals surface area contributed by atoms with E-state index in [9.17, 15) is 4.79 Å². The van der Waals surface area contributed by atoms with Crippen LogP contribution in [-0.4, -0.2) is 24.5 Å². The molecule has 96 valence electrons. The predicted octanol–water partition coefficient (Wildman–Crippen LogP) is 2.32. The first-order chi connectivity index (χ1) is 7.37. The molecular weight excluding hydrogens is 200 g/mol. The Morgan fingerprint density at radius 3 is 2.44 bits per heavy atom. The van der Waals surface area contributed by atoms with Crippen molar-refractivity contribution in [2.75, 3.05) is 13.1 Å². The van der Waals surface area contributed by atoms with Crippen LogP contribution in [0.5, 0.6) is 0 Å². The van der Waals surface area contributed by atoms with Crippen LogP contribution in [0, 0.1) is 5.92 Å². The minimum Gasteiger partial charge on any atom is -0.355 e. The Labute approximate surface area is 100 Å². The Balaban J connectivity index is 3.64. The lowest BCUT2D eigenvalue weighted by atomic mass is 9.99. The average Bonchev–Trinajstić information content (AvgIpc) is 2.14. The van der Waals surface area contributed by atoms with Crippen molar-refractivity contribution in [3.8, 4) is 0 Å². The Bertz CT molecular complexity index is 200. The lowest BCUT2D eigenvalue weighted by Crippen LogP contribution is -2.45. The van der Waals surface area contributed by atoms with Crippen molar-refractivity contribution in [1.29, 1.82) is 0 Å². The number of carbonyl (C=O) groups is 1. The number of rotatable bonds is 8. The first kappa shape index (κ1) is 15.4. The van der Waals surface area contributed by atoms with E-state index in [0.717, 1.165) is 25.8 Å². The highest BCUT2D eigenvalue weighted by atomic mass is 16.1. The highest BCUT2D eigenvalue weighted by Gasteiger charge is 2.16. The molecule has 2 N–H and O–H groups in total. The standard InChI is InChI=1S/C13H28N2O/c1-6-8-13(4,5)15-10-12(16)14-9-7-11(2)3/h11,15H,6-10H2,1-5H3,(H,14,16). The van der Waals surface area contributed by atoms with Crippen LogP contribution in [0.1, 0.15) is 53.9 Å². The minimum atomic E-state index is 0.0597. The van der Waals surface area contributed by atoms with Gasteiger partial charge in [0, 0.05) is 12.1 Å². The van der Waals surface area contributed by atoms with Gasteiger partial charge in [0.25, 0.3) is 0 Å². The van der Waals surface area contributed by atoms with Gasteiger partial charge in [0.1, 0.15) is 0 Å². The maximum absolute atomic E-state index is 11.5. The summed E-state index contributed by atoms with van der Waals surface area (Å²) in [6, 6.07) is 0. The molecular formula is C13H28N2O. The first-order valence-corrected chi connectivity index (χ1v) is 6.39. The van der Waals surface area contributed by atoms with Crippen molar-refractivity contribution in [2.45, 2.75) is 59.4 Å². The van der Waals surface area contributed by atoms with E-state index in [2.05, 4.69) is 45.3 Å². The zero-order valence-electron chi connectivity index (χ0n) is 11.5. The van der Waals surface area contributed by atoms with Gasteiger partial charge in [-0.3, -0.25) is 4.79 Å². The molecule has 16 heavy (non-hydrogen) atoms. The molecule has 1 amide bonds. The van der Waals surface area contributed by atoms with E-state index in [1.165, 1.54) is 0 Å². The summed E-state index contributed by atoms with van der Waals surface area (Å²) in [6.07, 6.45) is 3.27. The summed E-state index contributed by atoms with van der Waals surface area (Å²) in [5.74, 6) is 0.745. The van der Waals surface area contributed by atoms with E-state index in [1.807, 2.05) is 0 Å². The zero-order valence-corrected chi connectivity index (χ0v) is 11.5. The minimum absolute atomic E-state index is 0.0597. The second kappa shape index (κ2) is 7.66. The topological polar surface area (TPSA) is 41.1 Å². The number of hydrogen-bond donors (Lipinski definition) is 2. The summed E-state index contributed by atoms with van der Waals surface area (Å²) in [5.41, 5.74) is 0.0597. The summed E-state index contributed by atoms with van der Waals surface area (Å²) in [4.78, 5) is 11.5. The molecule has 0 unspecified atom stereocenters. The quantitative estimate of drug-likeness (QED) is 0.669. The summed E-state index contributed by atoms with van der Waals surface area (Å²) < 4.78 is 0. The number of hydrogen-bond acceptors (Lipinski definition) is 2. The number of carbonyl (C=O) groups excluding carboxylic acids is 1. The Morgan fingerprint density at radius 1 is 1.31 bits per heavy atom. The molecule has 0 aliphatic heterocycles. The van der Waals surface area contributed by atoms with Crippen molar-refractivity contribution in [1.82, 2.24) is 10.6 Å². The van der Waals surface area contributed by atoms with Crippen molar-refractivity contribution < 1.29 is 4.79 Å². The van der Waals surface area contributed by atoms with E-state index in [-0.39, 0.29) is 11.4 Å². The van der Waals surface area contributed by atoms with Crippen molar-refractivity contribution in [2.24, 2.45) is 5.92 Å². The molecule has 0 aliphatic carbocycles. The van der Waals surface area contributed by atoms with Gasteiger partial charge in [-0.05, 0) is 32.6 Å². The molecule has 0 saturated carbocycles. The van der Waals surface area contributed by atoms with Crippen LogP contribution >= 0.6 is 0 Å². The third kappa shape index (κ3) is 8.72. The SMILES string of the molecule is CCCC(C)(C)NCC(=O)NCCC(C)C. The van der Waals surface area contributed by atoms with E-state index in [1.54, 1.807) is 0 Å². The van der Waals surface area contributed by atoms with Crippen LogP contribution in [0.2, 0.25) is 0 Å². The van der Waals surface area contributed by atoms with Gasteiger partial charge in [-0.1, -0.05) is 27.2 Å². The lowest BCUT2D eigenvalue weighted by molar-refractivity contribution is -0.120. The van der Waals surface area contributed by atoms with Gasteiger partial charge in [0.15, 0.2) is 0 Å². The molecule has 0 aromatic carbocycles. The molecule has 0 heterocycles. The van der Waals surface area contributed by atoms with E-state index < -0.39 is 0 Å². The third-order valence-electron chi connectivity index (χ3n) is 2.65. The Kier molecular flexibility index (Phi) is 7.39. The number of amides is 1. The average molecular weight is 228 g/mol. The lowest BCUT2D eigenvalue weighted by Gasteiger charge is -2.25. The van der Waals surface area contributed by atoms with E-state index in [0.29, 0.717) is 12.5 Å². The second-order valence-electron chi connectivity index (χ2n) is 5.52. The van der Waals surface area contributed by atoms with Gasteiger partial charge >= 0.3 is 0 Å². The molecule has 0 spiro atoms. The van der Waals surface area contributed by atoms with Crippen molar-refractivity contribution >= 4 is 5.91 Å². The van der Waals surface area contributed by atoms with Gasteiger partial charge in [-0.2, -0.15) is 0 Å². The van der Waals surface area contributed by atoms with Crippen LogP contribution in [0.4, 0.5) is 0 Å². The van der Waals surface area contributed by atoms with E-state index >= 15 is 0 Å². The van der Waals surface area contributed by atoms with Crippen LogP contribution in [-0.2, 0) is 4.79 Å². The summed E-state index contributed by atoms with van der Waals surface area (Å²) >= 11 is 0. The van der Waals surface area contributed by atoms with Crippen molar-refractivity contribution in [3.05, 3.63) is 0 Å². The molecule has 0 radical (unpaired) electrons. The summed E-state index contributed by atoms with van der Waals surface area (Å²) in [5, 5.41) is 6.21. The van der Waals surface area contributed by atoms with Crippen LogP contribution in [0.15, 0.2) is 0 Å². The fourth-order valence-electron chi connectivity index (χ4n) is 1.60. The van der Waals surface area contributed by atoms with Crippen LogP contribution in [0.3, 0.4) is 0 Å². The molecule has 0 bridgehead atoms. The molecule has 0 saturated heterocycles. The van der Waals surface area contributed by atoms with Gasteiger partial charge in [-0.15, -0.1) is 0 Å². The summed E-state index contributed by atoms with van der Waals surface area (Å²) in [7, 11) is 0. The van der Waals surface area contributed by atoms with E-state index in [4.69, 9.17) is 0 Å². The predicted molar refractivity (Wildman–Crippen MR) is 69.5 cm³/mol. The summed E-state index contributed by atoms with van der Waals surface area (Å²) in [6.45, 7) is 12.0. The molecule has 3 nitrogen and oxygen atoms in total. The molecule has 0 aromatic heterocycles. The fourth-order valence-corrected chi connectivity index (χ4v) is 1.60. The normalized spacial score (nSPS) is 11.9. The number of nitrogens with one attached hydrogen (secondary N) is 2. The van der Waals surface area contributed by atoms with Gasteiger partial charge in [0.2, 0.25) is 5.91 Å². The maximum atomic E-state index is 11.5. The molecule has 0 aliphatic rings. The smallest absolute Gasteiger partial charge is 0.233 e. The fraction of sp³-hybridized carbons (Fsp3) is 0.923. The third-order valence-corrected chi connectivity index (χ3v) is 2.65. The molecule has 0 fully saturated rings. The van der Waals surface area contributed by atoms with Gasteiger partial charge in [-0.25, -0.2) is 0 Å². The Hall–Kier alpha value is -0.570. The van der Waals surface area contributed by atoms with Gasteiger partial charge < -0.3 is 10.6 Å². The second-order valence-corrected chi connectivity index (χ2v) is 5.52. The molecule has 0 rings (SSSR count). The first-order valence-electron chi connectivity index (χ1n) is 6.39. The maximum Gasteiger partial charge on any atom is 0.233 e. The molecule has 3 heteroatoms. The van der Waals surface area contributed by atoms with Crippen LogP contribution in [0.25, 0.3) is 0 Å². The highest BCUT2D eigenvalue weighted by molar-refractivity contribution is 5.78. The van der Waals surface area contributed by atoms with Crippen molar-refractivity contribution in [3.63, 3.8) is 0 Å². The zero-order chi connectivity index (χ0) is 12.6. The Morgan fingerprint density at radius 2 is 1.94 bits per heavy atom. The van der Waals surface area contributed by atoms with Gasteiger partial charge in [0.05, 0.1) is 6.54 Å². The molecule has 0 atom stereocenters.